The number of nitrogens with zero attached hydrogens (tertiary/aromatic N) is 1. The number of aliphatic carboxylic acids is 1. The maximum absolute atomic E-state index is 11.1. The van der Waals surface area contributed by atoms with Crippen LogP contribution < -0.4 is 0 Å². The van der Waals surface area contributed by atoms with Gasteiger partial charge in [-0.25, -0.2) is 0 Å². The summed E-state index contributed by atoms with van der Waals surface area (Å²) < 4.78 is 8.99. The summed E-state index contributed by atoms with van der Waals surface area (Å²) in [6, 6.07) is -0.863. The number of esters is 2. The van der Waals surface area contributed by atoms with Gasteiger partial charge in [-0.1, -0.05) is 0 Å². The van der Waals surface area contributed by atoms with E-state index >= 15 is 0 Å². The molecule has 0 aromatic rings. The fourth-order valence-electron chi connectivity index (χ4n) is 1.45. The van der Waals surface area contributed by atoms with Crippen molar-refractivity contribution < 1.29 is 29.0 Å². The number of thiol groups is 1. The van der Waals surface area contributed by atoms with E-state index in [-0.39, 0.29) is 31.7 Å². The predicted molar refractivity (Wildman–Crippen MR) is 70.1 cm³/mol. The lowest BCUT2D eigenvalue weighted by molar-refractivity contribution is -0.146. The van der Waals surface area contributed by atoms with Crippen molar-refractivity contribution in [2.45, 2.75) is 18.9 Å². The van der Waals surface area contributed by atoms with Gasteiger partial charge in [-0.15, -0.1) is 0 Å². The molecule has 110 valence electrons. The van der Waals surface area contributed by atoms with Crippen LogP contribution in [0.3, 0.4) is 0 Å². The largest absolute Gasteiger partial charge is 0.480 e. The van der Waals surface area contributed by atoms with Crippen LogP contribution in [0.2, 0.25) is 0 Å². The fourth-order valence-corrected chi connectivity index (χ4v) is 1.83. The SMILES string of the molecule is COC(=O)CCN(CCC(=O)OC)C(CS)C(=O)O. The average molecular weight is 293 g/mol. The van der Waals surface area contributed by atoms with E-state index < -0.39 is 23.9 Å². The molecule has 0 aromatic carbocycles. The summed E-state index contributed by atoms with van der Waals surface area (Å²) in [4.78, 5) is 34.7. The lowest BCUT2D eigenvalue weighted by atomic mass is 10.2. The van der Waals surface area contributed by atoms with E-state index in [9.17, 15) is 14.4 Å². The topological polar surface area (TPSA) is 93.1 Å². The highest BCUT2D eigenvalue weighted by Gasteiger charge is 2.25. The molecule has 0 aromatic heterocycles. The maximum Gasteiger partial charge on any atom is 0.321 e. The van der Waals surface area contributed by atoms with Gasteiger partial charge in [-0.05, 0) is 0 Å². The molecule has 0 bridgehead atoms. The molecule has 0 aliphatic carbocycles. The first-order valence-electron chi connectivity index (χ1n) is 5.67. The van der Waals surface area contributed by atoms with Gasteiger partial charge in [0.1, 0.15) is 6.04 Å². The van der Waals surface area contributed by atoms with E-state index in [1.54, 1.807) is 0 Å². The Hall–Kier alpha value is -1.28. The maximum atomic E-state index is 11.1. The Balaban J connectivity index is 4.56. The molecule has 0 amide bonds. The molecule has 8 heteroatoms. The molecule has 1 unspecified atom stereocenters. The Morgan fingerprint density at radius 3 is 1.79 bits per heavy atom. The summed E-state index contributed by atoms with van der Waals surface area (Å²) in [5, 5.41) is 9.07. The average Bonchev–Trinajstić information content (AvgIpc) is 2.40. The molecule has 0 aliphatic heterocycles. The van der Waals surface area contributed by atoms with E-state index in [1.807, 2.05) is 0 Å². The molecule has 0 radical (unpaired) electrons. The van der Waals surface area contributed by atoms with Gasteiger partial charge in [0, 0.05) is 18.8 Å². The number of methoxy groups -OCH3 is 2. The number of carbonyl (C=O) groups excluding carboxylic acids is 2. The summed E-state index contributed by atoms with van der Waals surface area (Å²) >= 11 is 3.97. The van der Waals surface area contributed by atoms with Crippen molar-refractivity contribution in [3.05, 3.63) is 0 Å². The molecule has 0 heterocycles. The van der Waals surface area contributed by atoms with Gasteiger partial charge in [0.25, 0.3) is 0 Å². The number of hydrogen-bond donors (Lipinski definition) is 2. The monoisotopic (exact) mass is 293 g/mol. The van der Waals surface area contributed by atoms with E-state index in [4.69, 9.17) is 5.11 Å². The van der Waals surface area contributed by atoms with Gasteiger partial charge < -0.3 is 14.6 Å². The number of carbonyl (C=O) groups is 3. The Kier molecular flexibility index (Phi) is 8.98. The van der Waals surface area contributed by atoms with E-state index in [0.29, 0.717) is 0 Å². The van der Waals surface area contributed by atoms with E-state index in [0.717, 1.165) is 0 Å². The van der Waals surface area contributed by atoms with Gasteiger partial charge in [-0.2, -0.15) is 12.6 Å². The van der Waals surface area contributed by atoms with E-state index in [1.165, 1.54) is 19.1 Å². The molecule has 0 fully saturated rings. The quantitative estimate of drug-likeness (QED) is 0.449. The number of rotatable bonds is 9. The molecule has 0 saturated carbocycles. The van der Waals surface area contributed by atoms with Crippen LogP contribution in [0, 0.1) is 0 Å². The van der Waals surface area contributed by atoms with Crippen molar-refractivity contribution in [2.24, 2.45) is 0 Å². The highest BCUT2D eigenvalue weighted by molar-refractivity contribution is 7.80. The lowest BCUT2D eigenvalue weighted by Gasteiger charge is -2.26. The standard InChI is InChI=1S/C11H19NO6S/c1-17-9(13)3-5-12(6-4-10(14)18-2)8(7-19)11(15)16/h8,19H,3-7H2,1-2H3,(H,15,16). The van der Waals surface area contributed by atoms with Gasteiger partial charge >= 0.3 is 17.9 Å². The number of ether oxygens (including phenoxy) is 2. The Labute approximate surface area is 117 Å². The number of hydrogen-bond acceptors (Lipinski definition) is 7. The van der Waals surface area contributed by atoms with Crippen LogP contribution in [0.15, 0.2) is 0 Å². The van der Waals surface area contributed by atoms with Crippen LogP contribution in [0.1, 0.15) is 12.8 Å². The zero-order valence-corrected chi connectivity index (χ0v) is 11.9. The Morgan fingerprint density at radius 2 is 1.53 bits per heavy atom. The smallest absolute Gasteiger partial charge is 0.321 e. The van der Waals surface area contributed by atoms with Crippen molar-refractivity contribution in [3.63, 3.8) is 0 Å². The zero-order valence-electron chi connectivity index (χ0n) is 11.0. The molecule has 0 rings (SSSR count). The van der Waals surface area contributed by atoms with Crippen LogP contribution in [0.4, 0.5) is 0 Å². The molecule has 0 aliphatic rings. The number of carboxylic acid groups (broad SMARTS) is 1. The zero-order chi connectivity index (χ0) is 14.8. The molecule has 1 atom stereocenters. The molecule has 7 nitrogen and oxygen atoms in total. The molecule has 0 spiro atoms. The lowest BCUT2D eigenvalue weighted by Crippen LogP contribution is -2.44. The second-order valence-electron chi connectivity index (χ2n) is 3.72. The van der Waals surface area contributed by atoms with Gasteiger partial charge in [0.15, 0.2) is 0 Å². The van der Waals surface area contributed by atoms with Crippen molar-refractivity contribution in [3.8, 4) is 0 Å². The minimum Gasteiger partial charge on any atom is -0.480 e. The first-order chi connectivity index (χ1) is 8.96. The number of carboxylic acids is 1. The fraction of sp³-hybridized carbons (Fsp3) is 0.727. The highest BCUT2D eigenvalue weighted by Crippen LogP contribution is 2.06. The molecule has 0 saturated heterocycles. The van der Waals surface area contributed by atoms with Crippen LogP contribution >= 0.6 is 12.6 Å². The third-order valence-electron chi connectivity index (χ3n) is 2.56. The van der Waals surface area contributed by atoms with Gasteiger partial charge in [0.05, 0.1) is 27.1 Å². The van der Waals surface area contributed by atoms with Gasteiger partial charge in [-0.3, -0.25) is 19.3 Å². The minimum absolute atomic E-state index is 0.0508. The molecular formula is C11H19NO6S. The first-order valence-corrected chi connectivity index (χ1v) is 6.30. The van der Waals surface area contributed by atoms with Crippen LogP contribution in [-0.4, -0.2) is 67.0 Å². The molecule has 19 heavy (non-hydrogen) atoms. The summed E-state index contributed by atoms with van der Waals surface area (Å²) in [5.41, 5.74) is 0. The van der Waals surface area contributed by atoms with Gasteiger partial charge in [0.2, 0.25) is 0 Å². The third kappa shape index (κ3) is 7.02. The van der Waals surface area contributed by atoms with Crippen molar-refractivity contribution in [2.75, 3.05) is 33.1 Å². The summed E-state index contributed by atoms with van der Waals surface area (Å²) in [7, 11) is 2.52. The van der Waals surface area contributed by atoms with Crippen molar-refractivity contribution in [1.29, 1.82) is 0 Å². The second-order valence-corrected chi connectivity index (χ2v) is 4.09. The second kappa shape index (κ2) is 9.62. The minimum atomic E-state index is -1.05. The summed E-state index contributed by atoms with van der Waals surface area (Å²) in [6.07, 6.45) is 0.102. The van der Waals surface area contributed by atoms with Crippen LogP contribution in [0.5, 0.6) is 0 Å². The Bertz CT molecular complexity index is 302. The predicted octanol–water partition coefficient (Wildman–Crippen LogP) is -0.202. The molecular weight excluding hydrogens is 274 g/mol. The summed E-state index contributed by atoms with van der Waals surface area (Å²) in [6.45, 7) is 0.363. The van der Waals surface area contributed by atoms with Crippen LogP contribution in [-0.2, 0) is 23.9 Å². The highest BCUT2D eigenvalue weighted by atomic mass is 32.1. The normalized spacial score (nSPS) is 12.0. The van der Waals surface area contributed by atoms with Crippen molar-refractivity contribution in [1.82, 2.24) is 4.90 Å². The van der Waals surface area contributed by atoms with Crippen molar-refractivity contribution >= 4 is 30.5 Å². The molecule has 1 N–H and O–H groups in total. The summed E-state index contributed by atoms with van der Waals surface area (Å²) in [5.74, 6) is -1.85. The first kappa shape index (κ1) is 17.7. The van der Waals surface area contributed by atoms with Crippen LogP contribution in [0.25, 0.3) is 0 Å². The van der Waals surface area contributed by atoms with E-state index in [2.05, 4.69) is 22.1 Å². The Morgan fingerprint density at radius 1 is 1.11 bits per heavy atom. The third-order valence-corrected chi connectivity index (χ3v) is 2.91.